The van der Waals surface area contributed by atoms with Gasteiger partial charge < -0.3 is 15.3 Å². The molecule has 0 bridgehead atoms. The Kier molecular flexibility index (Phi) is 5.94. The summed E-state index contributed by atoms with van der Waals surface area (Å²) in [6, 6.07) is 4.09. The van der Waals surface area contributed by atoms with E-state index in [-0.39, 0.29) is 30.6 Å². The van der Waals surface area contributed by atoms with Gasteiger partial charge in [-0.1, -0.05) is 13.0 Å². The maximum Gasteiger partial charge on any atom is 0.317 e. The van der Waals surface area contributed by atoms with Crippen LogP contribution in [0.5, 0.6) is 0 Å². The van der Waals surface area contributed by atoms with Gasteiger partial charge in [-0.25, -0.2) is 13.6 Å². The second-order valence-electron chi connectivity index (χ2n) is 7.45. The van der Waals surface area contributed by atoms with Crippen LogP contribution >= 0.6 is 0 Å². The Hall–Kier alpha value is -2.22. The zero-order chi connectivity index (χ0) is 19.6. The summed E-state index contributed by atoms with van der Waals surface area (Å²) in [6.07, 6.45) is 2.14. The molecule has 0 spiro atoms. The van der Waals surface area contributed by atoms with Gasteiger partial charge in [0.15, 0.2) is 11.6 Å². The lowest BCUT2D eigenvalue weighted by molar-refractivity contribution is -0.139. The molecule has 148 valence electrons. The number of carbonyl (C=O) groups excluding carboxylic acids is 1. The Morgan fingerprint density at radius 3 is 2.56 bits per heavy atom. The number of carboxylic acids is 1. The molecule has 6 nitrogen and oxygen atoms in total. The molecule has 1 saturated carbocycles. The average molecular weight is 381 g/mol. The van der Waals surface area contributed by atoms with E-state index in [1.165, 1.54) is 6.07 Å². The Morgan fingerprint density at radius 2 is 1.96 bits per heavy atom. The van der Waals surface area contributed by atoms with Crippen molar-refractivity contribution < 1.29 is 23.5 Å². The highest BCUT2D eigenvalue weighted by atomic mass is 19.2. The minimum atomic E-state index is -0.850. The molecular weight excluding hydrogens is 356 g/mol. The summed E-state index contributed by atoms with van der Waals surface area (Å²) in [5.74, 6) is -2.28. The van der Waals surface area contributed by atoms with E-state index in [0.29, 0.717) is 26.1 Å². The molecule has 2 N–H and O–H groups in total. The van der Waals surface area contributed by atoms with Gasteiger partial charge in [0.05, 0.1) is 6.54 Å². The van der Waals surface area contributed by atoms with E-state index in [1.807, 2.05) is 11.8 Å². The van der Waals surface area contributed by atoms with Crippen molar-refractivity contribution in [2.45, 2.75) is 38.3 Å². The van der Waals surface area contributed by atoms with Crippen LogP contribution in [-0.4, -0.2) is 65.2 Å². The Labute approximate surface area is 157 Å². The number of carboxylic acid groups (broad SMARTS) is 1. The summed E-state index contributed by atoms with van der Waals surface area (Å²) in [4.78, 5) is 26.7. The maximum atomic E-state index is 13.2. The number of likely N-dealkylation sites (tertiary alicyclic amines) is 1. The highest BCUT2D eigenvalue weighted by molar-refractivity contribution is 5.75. The highest BCUT2D eigenvalue weighted by Gasteiger charge is 2.37. The molecule has 2 amide bonds. The smallest absolute Gasteiger partial charge is 0.317 e. The minimum Gasteiger partial charge on any atom is -0.480 e. The van der Waals surface area contributed by atoms with E-state index in [4.69, 9.17) is 5.11 Å². The van der Waals surface area contributed by atoms with Crippen molar-refractivity contribution in [1.82, 2.24) is 15.1 Å². The maximum absolute atomic E-state index is 13.2. The van der Waals surface area contributed by atoms with Crippen LogP contribution in [0, 0.1) is 17.6 Å². The summed E-state index contributed by atoms with van der Waals surface area (Å²) in [7, 11) is 0. The third kappa shape index (κ3) is 4.74. The fourth-order valence-electron chi connectivity index (χ4n) is 3.81. The van der Waals surface area contributed by atoms with E-state index in [9.17, 15) is 18.4 Å². The van der Waals surface area contributed by atoms with E-state index in [0.717, 1.165) is 24.5 Å². The third-order valence-corrected chi connectivity index (χ3v) is 5.45. The van der Waals surface area contributed by atoms with Crippen molar-refractivity contribution in [3.63, 3.8) is 0 Å². The number of carbonyl (C=O) groups is 2. The standard InChI is InChI=1S/C19H25F2N3O3/c1-2-23(11-18(25)26)15-7-14(8-15)22-19(27)24-9-13(10-24)5-12-3-4-16(20)17(21)6-12/h3-4,6,13-15H,2,5,7-11H2,1H3,(H,22,27)(H,25,26). The zero-order valence-electron chi connectivity index (χ0n) is 15.3. The molecular formula is C19H25F2N3O3. The summed E-state index contributed by atoms with van der Waals surface area (Å²) in [5.41, 5.74) is 0.735. The van der Waals surface area contributed by atoms with Gasteiger partial charge in [0.2, 0.25) is 0 Å². The predicted molar refractivity (Wildman–Crippen MR) is 95.3 cm³/mol. The molecule has 1 heterocycles. The van der Waals surface area contributed by atoms with E-state index in [1.54, 1.807) is 11.0 Å². The van der Waals surface area contributed by atoms with Crippen LogP contribution in [-0.2, 0) is 11.2 Å². The van der Waals surface area contributed by atoms with Gasteiger partial charge in [-0.15, -0.1) is 0 Å². The monoisotopic (exact) mass is 381 g/mol. The number of hydrogen-bond acceptors (Lipinski definition) is 3. The Morgan fingerprint density at radius 1 is 1.26 bits per heavy atom. The van der Waals surface area contributed by atoms with Crippen LogP contribution in [0.4, 0.5) is 13.6 Å². The van der Waals surface area contributed by atoms with Gasteiger partial charge >= 0.3 is 12.0 Å². The second kappa shape index (κ2) is 8.21. The lowest BCUT2D eigenvalue weighted by Gasteiger charge is -2.45. The number of nitrogens with zero attached hydrogens (tertiary/aromatic N) is 2. The summed E-state index contributed by atoms with van der Waals surface area (Å²) in [6.45, 7) is 3.83. The van der Waals surface area contributed by atoms with Crippen molar-refractivity contribution >= 4 is 12.0 Å². The van der Waals surface area contributed by atoms with Crippen LogP contribution in [0.1, 0.15) is 25.3 Å². The first kappa shape index (κ1) is 19.5. The number of halogens is 2. The molecule has 0 unspecified atom stereocenters. The molecule has 27 heavy (non-hydrogen) atoms. The van der Waals surface area contributed by atoms with Crippen LogP contribution in [0.3, 0.4) is 0 Å². The van der Waals surface area contributed by atoms with E-state index < -0.39 is 17.6 Å². The van der Waals surface area contributed by atoms with Crippen molar-refractivity contribution in [3.8, 4) is 0 Å². The van der Waals surface area contributed by atoms with Crippen molar-refractivity contribution in [3.05, 3.63) is 35.4 Å². The average Bonchev–Trinajstić information content (AvgIpc) is 2.54. The molecule has 0 radical (unpaired) electrons. The van der Waals surface area contributed by atoms with Gasteiger partial charge in [0.1, 0.15) is 0 Å². The largest absolute Gasteiger partial charge is 0.480 e. The van der Waals surface area contributed by atoms with Gasteiger partial charge in [0.25, 0.3) is 0 Å². The minimum absolute atomic E-state index is 0.0274. The molecule has 1 aliphatic heterocycles. The molecule has 1 aromatic carbocycles. The Balaban J connectivity index is 1.36. The number of hydrogen-bond donors (Lipinski definition) is 2. The molecule has 3 rings (SSSR count). The Bertz CT molecular complexity index is 703. The fourth-order valence-corrected chi connectivity index (χ4v) is 3.81. The normalized spacial score (nSPS) is 22.3. The van der Waals surface area contributed by atoms with Crippen LogP contribution in [0.15, 0.2) is 18.2 Å². The summed E-state index contributed by atoms with van der Waals surface area (Å²) < 4.78 is 26.2. The van der Waals surface area contributed by atoms with Crippen molar-refractivity contribution in [2.24, 2.45) is 5.92 Å². The molecule has 1 aromatic rings. The molecule has 0 atom stereocenters. The summed E-state index contributed by atoms with van der Waals surface area (Å²) >= 11 is 0. The number of amides is 2. The third-order valence-electron chi connectivity index (χ3n) is 5.45. The number of urea groups is 1. The van der Waals surface area contributed by atoms with Crippen molar-refractivity contribution in [1.29, 1.82) is 0 Å². The molecule has 2 aliphatic rings. The first-order valence-electron chi connectivity index (χ1n) is 9.31. The van der Waals surface area contributed by atoms with Crippen LogP contribution < -0.4 is 5.32 Å². The van der Waals surface area contributed by atoms with Gasteiger partial charge in [-0.2, -0.15) is 0 Å². The number of nitrogens with one attached hydrogen (secondary N) is 1. The SMILES string of the molecule is CCN(CC(=O)O)C1CC(NC(=O)N2CC(Cc3ccc(F)c(F)c3)C2)C1. The summed E-state index contributed by atoms with van der Waals surface area (Å²) in [5, 5.41) is 11.9. The van der Waals surface area contributed by atoms with Gasteiger partial charge in [-0.3, -0.25) is 9.69 Å². The fraction of sp³-hybridized carbons (Fsp3) is 0.579. The van der Waals surface area contributed by atoms with Crippen LogP contribution in [0.25, 0.3) is 0 Å². The zero-order valence-corrected chi connectivity index (χ0v) is 15.3. The first-order chi connectivity index (χ1) is 12.9. The predicted octanol–water partition coefficient (Wildman–Crippen LogP) is 2.09. The van der Waals surface area contributed by atoms with E-state index >= 15 is 0 Å². The number of rotatable bonds is 7. The lowest BCUT2D eigenvalue weighted by atomic mass is 9.85. The molecule has 0 aromatic heterocycles. The lowest BCUT2D eigenvalue weighted by Crippen LogP contribution is -2.60. The van der Waals surface area contributed by atoms with E-state index in [2.05, 4.69) is 5.32 Å². The highest BCUT2D eigenvalue weighted by Crippen LogP contribution is 2.27. The molecule has 8 heteroatoms. The van der Waals surface area contributed by atoms with Crippen LogP contribution in [0.2, 0.25) is 0 Å². The topological polar surface area (TPSA) is 72.9 Å². The van der Waals surface area contributed by atoms with Gasteiger partial charge in [-0.05, 0) is 49.4 Å². The quantitative estimate of drug-likeness (QED) is 0.759. The molecule has 1 aliphatic carbocycles. The first-order valence-corrected chi connectivity index (χ1v) is 9.31. The number of aliphatic carboxylic acids is 1. The second-order valence-corrected chi connectivity index (χ2v) is 7.45. The molecule has 1 saturated heterocycles. The molecule has 2 fully saturated rings. The number of benzene rings is 1. The van der Waals surface area contributed by atoms with Crippen molar-refractivity contribution in [2.75, 3.05) is 26.2 Å². The van der Waals surface area contributed by atoms with Gasteiger partial charge in [0, 0.05) is 25.2 Å². The number of likely N-dealkylation sites (N-methyl/N-ethyl adjacent to an activating group) is 1.